The van der Waals surface area contributed by atoms with Gasteiger partial charge in [-0.2, -0.15) is 0 Å². The summed E-state index contributed by atoms with van der Waals surface area (Å²) in [5.41, 5.74) is 1.53. The second kappa shape index (κ2) is 9.05. The minimum Gasteiger partial charge on any atom is -0.441 e. The number of halogens is 2. The maximum absolute atomic E-state index is 12.7. The number of aryl methyl sites for hydroxylation is 1. The third kappa shape index (κ3) is 5.04. The number of anilines is 1. The number of rotatable bonds is 6. The first-order valence-electron chi connectivity index (χ1n) is 10.4. The lowest BCUT2D eigenvalue weighted by molar-refractivity contribution is -0.121. The van der Waals surface area contributed by atoms with E-state index in [1.165, 1.54) is 0 Å². The van der Waals surface area contributed by atoms with Crippen molar-refractivity contribution in [3.63, 3.8) is 0 Å². The van der Waals surface area contributed by atoms with E-state index in [4.69, 9.17) is 4.42 Å². The topological polar surface area (TPSA) is 84.2 Å². The van der Waals surface area contributed by atoms with Crippen molar-refractivity contribution in [3.05, 3.63) is 36.5 Å². The zero-order chi connectivity index (χ0) is 22.0. The largest absolute Gasteiger partial charge is 0.441 e. The maximum Gasteiger partial charge on any atom is 0.251 e. The third-order valence-corrected chi connectivity index (χ3v) is 5.84. The van der Waals surface area contributed by atoms with Gasteiger partial charge < -0.3 is 4.42 Å². The summed E-state index contributed by atoms with van der Waals surface area (Å²) in [6, 6.07) is 5.77. The first kappa shape index (κ1) is 21.3. The van der Waals surface area contributed by atoms with E-state index in [9.17, 15) is 13.6 Å². The van der Waals surface area contributed by atoms with Crippen molar-refractivity contribution in [2.24, 2.45) is 5.92 Å². The molecule has 164 valence electrons. The fourth-order valence-corrected chi connectivity index (χ4v) is 4.09. The van der Waals surface area contributed by atoms with Crippen LogP contribution in [-0.2, 0) is 4.79 Å². The van der Waals surface area contributed by atoms with Crippen molar-refractivity contribution in [1.29, 1.82) is 0 Å². The maximum atomic E-state index is 12.7. The van der Waals surface area contributed by atoms with Gasteiger partial charge in [-0.15, -0.1) is 0 Å². The van der Waals surface area contributed by atoms with E-state index in [0.29, 0.717) is 30.0 Å². The van der Waals surface area contributed by atoms with Gasteiger partial charge in [0.15, 0.2) is 11.7 Å². The molecule has 0 bridgehead atoms. The van der Waals surface area contributed by atoms with Crippen LogP contribution < -0.4 is 5.32 Å². The van der Waals surface area contributed by atoms with Gasteiger partial charge >= 0.3 is 0 Å². The van der Waals surface area contributed by atoms with Crippen LogP contribution in [0.5, 0.6) is 0 Å². The van der Waals surface area contributed by atoms with Crippen molar-refractivity contribution < 1.29 is 18.0 Å². The zero-order valence-corrected chi connectivity index (χ0v) is 17.5. The molecule has 1 saturated carbocycles. The monoisotopic (exact) mass is 429 g/mol. The first-order valence-corrected chi connectivity index (χ1v) is 10.4. The molecule has 1 N–H and O–H groups in total. The Morgan fingerprint density at radius 3 is 2.68 bits per heavy atom. The van der Waals surface area contributed by atoms with Crippen molar-refractivity contribution in [2.45, 2.75) is 45.1 Å². The van der Waals surface area contributed by atoms with Crippen LogP contribution in [0.1, 0.15) is 31.6 Å². The highest BCUT2D eigenvalue weighted by molar-refractivity contribution is 5.92. The minimum atomic E-state index is -2.34. The van der Waals surface area contributed by atoms with Crippen LogP contribution >= 0.6 is 0 Å². The number of nitrogens with one attached hydrogen (secondary N) is 1. The second-order valence-corrected chi connectivity index (χ2v) is 8.04. The molecule has 2 heterocycles. The highest BCUT2D eigenvalue weighted by Crippen LogP contribution is 2.29. The van der Waals surface area contributed by atoms with Gasteiger partial charge in [-0.1, -0.05) is 12.1 Å². The predicted octanol–water partition coefficient (Wildman–Crippen LogP) is 4.29. The van der Waals surface area contributed by atoms with Crippen LogP contribution in [0.4, 0.5) is 14.7 Å². The van der Waals surface area contributed by atoms with Gasteiger partial charge in [0.05, 0.1) is 18.3 Å². The fourth-order valence-electron chi connectivity index (χ4n) is 4.09. The summed E-state index contributed by atoms with van der Waals surface area (Å²) in [5.74, 6) is 1.19. The quantitative estimate of drug-likeness (QED) is 0.629. The van der Waals surface area contributed by atoms with E-state index in [0.717, 1.165) is 23.8 Å². The van der Waals surface area contributed by atoms with Crippen molar-refractivity contribution in [1.82, 2.24) is 19.9 Å². The number of aromatic nitrogens is 3. The van der Waals surface area contributed by atoms with E-state index in [1.807, 2.05) is 18.2 Å². The van der Waals surface area contributed by atoms with Gasteiger partial charge in [0.2, 0.25) is 11.9 Å². The summed E-state index contributed by atoms with van der Waals surface area (Å²) in [5, 5.41) is 3.66. The molecule has 0 unspecified atom stereocenters. The summed E-state index contributed by atoms with van der Waals surface area (Å²) >= 11 is 0. The Bertz CT molecular complexity index is 1060. The lowest BCUT2D eigenvalue weighted by Crippen LogP contribution is -2.39. The standard InChI is InChI=1S/C22H25F2N5O2/c1-13-25-11-19(31-13)15-3-4-16-10-26-22(27-18(16)9-15)28-21(30)14-5-7-17(8-6-14)29(2)12-20(23)24/h3-4,9-11,14,17,20H,5-8,12H2,1-2H3,(H,26,27,28,30)/t14-,17-. The van der Waals surface area contributed by atoms with Gasteiger partial charge in [0.1, 0.15) is 0 Å². The average Bonchev–Trinajstić information content (AvgIpc) is 3.19. The van der Waals surface area contributed by atoms with E-state index in [-0.39, 0.29) is 30.4 Å². The molecule has 0 saturated heterocycles. The van der Waals surface area contributed by atoms with Crippen LogP contribution in [0.15, 0.2) is 35.0 Å². The van der Waals surface area contributed by atoms with Crippen molar-refractivity contribution in [3.8, 4) is 11.3 Å². The molecule has 31 heavy (non-hydrogen) atoms. The van der Waals surface area contributed by atoms with Crippen molar-refractivity contribution >= 4 is 22.8 Å². The Morgan fingerprint density at radius 1 is 1.23 bits per heavy atom. The highest BCUT2D eigenvalue weighted by Gasteiger charge is 2.29. The van der Waals surface area contributed by atoms with Crippen molar-refractivity contribution in [2.75, 3.05) is 18.9 Å². The third-order valence-electron chi connectivity index (χ3n) is 5.84. The molecule has 3 aromatic rings. The predicted molar refractivity (Wildman–Crippen MR) is 113 cm³/mol. The van der Waals surface area contributed by atoms with Crippen LogP contribution in [0.3, 0.4) is 0 Å². The number of alkyl halides is 2. The van der Waals surface area contributed by atoms with Crippen LogP contribution in [0, 0.1) is 12.8 Å². The minimum absolute atomic E-state index is 0.0908. The number of carbonyl (C=O) groups excluding carboxylic acids is 1. The second-order valence-electron chi connectivity index (χ2n) is 8.04. The number of benzene rings is 1. The number of fused-ring (bicyclic) bond motifs is 1. The Morgan fingerprint density at radius 2 is 2.00 bits per heavy atom. The Hall–Kier alpha value is -2.94. The van der Waals surface area contributed by atoms with E-state index >= 15 is 0 Å². The van der Waals surface area contributed by atoms with Crippen LogP contribution in [0.2, 0.25) is 0 Å². The molecule has 1 amide bonds. The molecule has 0 radical (unpaired) electrons. The molecular weight excluding hydrogens is 404 g/mol. The lowest BCUT2D eigenvalue weighted by Gasteiger charge is -2.33. The fraction of sp³-hybridized carbons (Fsp3) is 0.455. The smallest absolute Gasteiger partial charge is 0.251 e. The molecule has 0 spiro atoms. The summed E-state index contributed by atoms with van der Waals surface area (Å²) in [6.45, 7) is 1.55. The molecule has 1 aliphatic rings. The van der Waals surface area contributed by atoms with Gasteiger partial charge in [0.25, 0.3) is 6.43 Å². The SMILES string of the molecule is Cc1ncc(-c2ccc3cnc(NC(=O)[C@H]4CC[C@H](N(C)CC(F)F)CC4)nc3c2)o1. The summed E-state index contributed by atoms with van der Waals surface area (Å²) in [6.07, 6.45) is 3.75. The highest BCUT2D eigenvalue weighted by atomic mass is 19.3. The number of carbonyl (C=O) groups is 1. The van der Waals surface area contributed by atoms with Gasteiger partial charge in [-0.3, -0.25) is 15.0 Å². The van der Waals surface area contributed by atoms with Crippen LogP contribution in [0.25, 0.3) is 22.2 Å². The van der Waals surface area contributed by atoms with Gasteiger partial charge in [-0.25, -0.2) is 23.7 Å². The molecule has 9 heteroatoms. The molecular formula is C22H25F2N5O2. The Labute approximate surface area is 178 Å². The molecule has 2 aromatic heterocycles. The Kier molecular flexibility index (Phi) is 6.22. The van der Waals surface area contributed by atoms with Gasteiger partial charge in [-0.05, 0) is 38.8 Å². The normalized spacial score (nSPS) is 19.3. The molecule has 0 aliphatic heterocycles. The number of hydrogen-bond donors (Lipinski definition) is 1. The molecule has 1 fully saturated rings. The molecule has 4 rings (SSSR count). The first-order chi connectivity index (χ1) is 14.9. The van der Waals surface area contributed by atoms with Gasteiger partial charge in [0, 0.05) is 36.0 Å². The Balaban J connectivity index is 1.41. The number of nitrogens with zero attached hydrogens (tertiary/aromatic N) is 4. The van der Waals surface area contributed by atoms with E-state index in [2.05, 4.69) is 20.3 Å². The summed E-state index contributed by atoms with van der Waals surface area (Å²) < 4.78 is 30.8. The molecule has 7 nitrogen and oxygen atoms in total. The summed E-state index contributed by atoms with van der Waals surface area (Å²) in [4.78, 5) is 27.2. The van der Waals surface area contributed by atoms with Crippen LogP contribution in [-0.4, -0.2) is 51.8 Å². The number of hydrogen-bond acceptors (Lipinski definition) is 6. The number of oxazole rings is 1. The molecule has 1 aliphatic carbocycles. The molecule has 0 atom stereocenters. The summed E-state index contributed by atoms with van der Waals surface area (Å²) in [7, 11) is 1.72. The zero-order valence-electron chi connectivity index (χ0n) is 17.5. The van der Waals surface area contributed by atoms with E-state index < -0.39 is 6.43 Å². The average molecular weight is 429 g/mol. The lowest BCUT2D eigenvalue weighted by atomic mass is 9.85. The molecule has 1 aromatic carbocycles. The van der Waals surface area contributed by atoms with E-state index in [1.54, 1.807) is 31.3 Å². The number of amides is 1.